The molecule has 1 aliphatic rings. The second-order valence-electron chi connectivity index (χ2n) is 11.5. The Kier molecular flexibility index (Phi) is 5.57. The highest BCUT2D eigenvalue weighted by Gasteiger charge is 2.36. The lowest BCUT2D eigenvalue weighted by molar-refractivity contribution is 0.660. The fraction of sp³-hybridized carbons (Fsp3) is 0.0769. The molecule has 0 aliphatic heterocycles. The zero-order valence-corrected chi connectivity index (χ0v) is 24.2. The summed E-state index contributed by atoms with van der Waals surface area (Å²) in [4.78, 5) is 2.25. The first-order chi connectivity index (χ1) is 20.5. The number of halogens is 1. The van der Waals surface area contributed by atoms with Crippen LogP contribution in [0.4, 0.5) is 17.1 Å². The van der Waals surface area contributed by atoms with E-state index in [4.69, 9.17) is 16.0 Å². The number of nitrogens with zero attached hydrogens (tertiary/aromatic N) is 1. The van der Waals surface area contributed by atoms with E-state index in [1.165, 1.54) is 33.4 Å². The summed E-state index contributed by atoms with van der Waals surface area (Å²) >= 11 is 7.21. The Hall–Kier alpha value is -4.79. The number of anilines is 3. The quantitative estimate of drug-likeness (QED) is 0.212. The van der Waals surface area contributed by atoms with Crippen molar-refractivity contribution in [3.63, 3.8) is 0 Å². The van der Waals surface area contributed by atoms with E-state index < -0.39 is 0 Å². The van der Waals surface area contributed by atoms with Gasteiger partial charge in [-0.2, -0.15) is 0 Å². The summed E-state index contributed by atoms with van der Waals surface area (Å²) < 4.78 is 6.31. The van der Waals surface area contributed by atoms with Gasteiger partial charge in [0.05, 0.1) is 10.7 Å². The molecule has 0 saturated carbocycles. The lowest BCUT2D eigenvalue weighted by Gasteiger charge is -2.29. The molecular weight excluding hydrogens is 534 g/mol. The summed E-state index contributed by atoms with van der Waals surface area (Å²) in [6.07, 6.45) is 0. The SMILES string of the molecule is CC1(C)c2ccccc2-c2cc(Cl)c(N(c3ccc(-c4ccccc4)cc3)c3ccc4c(c3)oc3ccccc34)cc21. The molecule has 7 aromatic rings. The minimum Gasteiger partial charge on any atom is -0.456 e. The van der Waals surface area contributed by atoms with Crippen molar-refractivity contribution in [2.45, 2.75) is 19.3 Å². The van der Waals surface area contributed by atoms with E-state index in [1.807, 2.05) is 18.2 Å². The average molecular weight is 562 g/mol. The highest BCUT2D eigenvalue weighted by Crippen LogP contribution is 2.52. The Balaban J connectivity index is 1.33. The largest absolute Gasteiger partial charge is 0.456 e. The molecule has 0 radical (unpaired) electrons. The van der Waals surface area contributed by atoms with Crippen molar-refractivity contribution in [3.8, 4) is 22.3 Å². The van der Waals surface area contributed by atoms with Crippen LogP contribution in [0, 0.1) is 0 Å². The number of hydrogen-bond acceptors (Lipinski definition) is 2. The van der Waals surface area contributed by atoms with Gasteiger partial charge in [-0.3, -0.25) is 0 Å². The lowest BCUT2D eigenvalue weighted by Crippen LogP contribution is -2.17. The molecule has 0 spiro atoms. The molecule has 0 unspecified atom stereocenters. The van der Waals surface area contributed by atoms with E-state index in [-0.39, 0.29) is 5.41 Å². The summed E-state index contributed by atoms with van der Waals surface area (Å²) in [7, 11) is 0. The van der Waals surface area contributed by atoms with E-state index in [9.17, 15) is 0 Å². The van der Waals surface area contributed by atoms with Crippen molar-refractivity contribution in [2.75, 3.05) is 4.90 Å². The Morgan fingerprint density at radius 3 is 2.05 bits per heavy atom. The fourth-order valence-electron chi connectivity index (χ4n) is 6.60. The van der Waals surface area contributed by atoms with Crippen molar-refractivity contribution in [2.24, 2.45) is 0 Å². The van der Waals surface area contributed by atoms with Crippen LogP contribution in [0.25, 0.3) is 44.2 Å². The maximum atomic E-state index is 7.21. The van der Waals surface area contributed by atoms with Crippen molar-refractivity contribution in [3.05, 3.63) is 150 Å². The number of benzene rings is 6. The smallest absolute Gasteiger partial charge is 0.137 e. The van der Waals surface area contributed by atoms with Crippen LogP contribution in [-0.4, -0.2) is 0 Å². The normalized spacial score (nSPS) is 13.3. The van der Waals surface area contributed by atoms with Crippen LogP contribution in [0.15, 0.2) is 138 Å². The second-order valence-corrected chi connectivity index (χ2v) is 12.0. The number of para-hydroxylation sites is 1. The van der Waals surface area contributed by atoms with Crippen LogP contribution in [-0.2, 0) is 5.41 Å². The summed E-state index contributed by atoms with van der Waals surface area (Å²) in [5.41, 5.74) is 12.0. The molecule has 0 atom stereocenters. The molecule has 0 saturated heterocycles. The highest BCUT2D eigenvalue weighted by molar-refractivity contribution is 6.34. The van der Waals surface area contributed by atoms with E-state index in [2.05, 4.69) is 134 Å². The van der Waals surface area contributed by atoms with Gasteiger partial charge in [0.2, 0.25) is 0 Å². The first-order valence-corrected chi connectivity index (χ1v) is 14.7. The molecule has 0 fully saturated rings. The van der Waals surface area contributed by atoms with Crippen LogP contribution < -0.4 is 4.90 Å². The molecule has 42 heavy (non-hydrogen) atoms. The topological polar surface area (TPSA) is 16.4 Å². The molecule has 6 aromatic carbocycles. The van der Waals surface area contributed by atoms with E-state index in [1.54, 1.807) is 0 Å². The Labute approximate surface area is 250 Å². The van der Waals surface area contributed by atoms with Gasteiger partial charge in [0.25, 0.3) is 0 Å². The zero-order valence-electron chi connectivity index (χ0n) is 23.4. The molecule has 1 aliphatic carbocycles. The predicted octanol–water partition coefficient (Wildman–Crippen LogP) is 11.7. The lowest BCUT2D eigenvalue weighted by atomic mass is 9.82. The molecule has 1 aromatic heterocycles. The zero-order chi connectivity index (χ0) is 28.4. The standard InChI is InChI=1S/C39H28ClNO/c1-39(2)33-14-8-6-12-29(33)32-23-35(40)36(24-34(32)39)41(27-18-16-26(17-19-27)25-10-4-3-5-11-25)28-20-21-31-30-13-7-9-15-37(30)42-38(31)22-28/h3-24H,1-2H3. The van der Waals surface area contributed by atoms with Crippen LogP contribution in [0.2, 0.25) is 5.02 Å². The Bertz CT molecular complexity index is 2120. The summed E-state index contributed by atoms with van der Waals surface area (Å²) in [6.45, 7) is 4.60. The van der Waals surface area contributed by atoms with Crippen molar-refractivity contribution >= 4 is 50.6 Å². The molecule has 3 heteroatoms. The van der Waals surface area contributed by atoms with E-state index >= 15 is 0 Å². The van der Waals surface area contributed by atoms with Gasteiger partial charge in [-0.15, -0.1) is 0 Å². The minimum absolute atomic E-state index is 0.142. The molecule has 0 N–H and O–H groups in total. The first kappa shape index (κ1) is 25.0. The van der Waals surface area contributed by atoms with E-state index in [0.717, 1.165) is 39.0 Å². The minimum atomic E-state index is -0.142. The molecular formula is C39H28ClNO. The number of hydrogen-bond donors (Lipinski definition) is 0. The predicted molar refractivity (Wildman–Crippen MR) is 176 cm³/mol. The van der Waals surface area contributed by atoms with Gasteiger partial charge in [-0.25, -0.2) is 0 Å². The monoisotopic (exact) mass is 561 g/mol. The second kappa shape index (κ2) is 9.37. The Morgan fingerprint density at radius 2 is 1.21 bits per heavy atom. The average Bonchev–Trinajstić information content (AvgIpc) is 3.50. The number of rotatable bonds is 4. The van der Waals surface area contributed by atoms with Crippen LogP contribution in [0.5, 0.6) is 0 Å². The third-order valence-electron chi connectivity index (χ3n) is 8.74. The van der Waals surface area contributed by atoms with Gasteiger partial charge in [-0.1, -0.05) is 110 Å². The fourth-order valence-corrected chi connectivity index (χ4v) is 6.84. The van der Waals surface area contributed by atoms with Gasteiger partial charge in [0, 0.05) is 33.6 Å². The van der Waals surface area contributed by atoms with Crippen LogP contribution >= 0.6 is 11.6 Å². The molecule has 0 amide bonds. The number of fused-ring (bicyclic) bond motifs is 6. The van der Waals surface area contributed by atoms with Crippen LogP contribution in [0.3, 0.4) is 0 Å². The summed E-state index contributed by atoms with van der Waals surface area (Å²) in [6, 6.07) is 46.9. The molecule has 2 nitrogen and oxygen atoms in total. The highest BCUT2D eigenvalue weighted by atomic mass is 35.5. The first-order valence-electron chi connectivity index (χ1n) is 14.3. The number of furan rings is 1. The van der Waals surface area contributed by atoms with Gasteiger partial charge in [0.1, 0.15) is 11.2 Å². The third-order valence-corrected chi connectivity index (χ3v) is 9.05. The summed E-state index contributed by atoms with van der Waals surface area (Å²) in [5, 5.41) is 2.93. The van der Waals surface area contributed by atoms with Crippen molar-refractivity contribution in [1.82, 2.24) is 0 Å². The van der Waals surface area contributed by atoms with Crippen LogP contribution in [0.1, 0.15) is 25.0 Å². The third kappa shape index (κ3) is 3.79. The van der Waals surface area contributed by atoms with Crippen molar-refractivity contribution in [1.29, 1.82) is 0 Å². The van der Waals surface area contributed by atoms with Gasteiger partial charge >= 0.3 is 0 Å². The summed E-state index contributed by atoms with van der Waals surface area (Å²) in [5.74, 6) is 0. The maximum absolute atomic E-state index is 7.21. The molecule has 0 bridgehead atoms. The molecule has 8 rings (SSSR count). The maximum Gasteiger partial charge on any atom is 0.137 e. The van der Waals surface area contributed by atoms with Gasteiger partial charge in [0.15, 0.2) is 0 Å². The Morgan fingerprint density at radius 1 is 0.548 bits per heavy atom. The molecule has 202 valence electrons. The van der Waals surface area contributed by atoms with E-state index in [0.29, 0.717) is 5.02 Å². The van der Waals surface area contributed by atoms with Gasteiger partial charge < -0.3 is 9.32 Å². The molecule has 1 heterocycles. The van der Waals surface area contributed by atoms with Gasteiger partial charge in [-0.05, 0) is 75.8 Å². The van der Waals surface area contributed by atoms with Crippen molar-refractivity contribution < 1.29 is 4.42 Å².